The molecular weight excluding hydrogens is 302 g/mol. The molecule has 0 aliphatic carbocycles. The quantitative estimate of drug-likeness (QED) is 0.781. The van der Waals surface area contributed by atoms with E-state index in [1.807, 2.05) is 32.2 Å². The largest absolute Gasteiger partial charge is 0.478 e. The Hall–Kier alpha value is -1.18. The smallest absolute Gasteiger partial charge is 0.213 e. The number of rotatable bonds is 8. The Morgan fingerprint density at radius 2 is 2.23 bits per heavy atom. The van der Waals surface area contributed by atoms with Crippen LogP contribution in [0.25, 0.3) is 0 Å². The molecule has 1 aromatic rings. The first-order valence-corrected chi connectivity index (χ1v) is 9.47. The number of hydrogen-bond donors (Lipinski definition) is 1. The maximum atomic E-state index is 11.8. The second kappa shape index (κ2) is 7.89. The van der Waals surface area contributed by atoms with Crippen LogP contribution >= 0.6 is 0 Å². The van der Waals surface area contributed by atoms with Gasteiger partial charge in [-0.2, -0.15) is 0 Å². The molecule has 0 amide bonds. The molecule has 0 unspecified atom stereocenters. The Kier molecular flexibility index (Phi) is 6.16. The van der Waals surface area contributed by atoms with Gasteiger partial charge in [0.15, 0.2) is 0 Å². The lowest BCUT2D eigenvalue weighted by Gasteiger charge is -2.16. The summed E-state index contributed by atoms with van der Waals surface area (Å²) in [6, 6.07) is 3.90. The van der Waals surface area contributed by atoms with E-state index in [9.17, 15) is 8.42 Å². The first kappa shape index (κ1) is 17.2. The Morgan fingerprint density at radius 3 is 2.86 bits per heavy atom. The minimum atomic E-state index is -3.13. The molecule has 1 aliphatic rings. The van der Waals surface area contributed by atoms with Gasteiger partial charge in [0.05, 0.1) is 12.4 Å². The summed E-state index contributed by atoms with van der Waals surface area (Å²) in [6.45, 7) is 6.84. The maximum absolute atomic E-state index is 11.8. The Labute approximate surface area is 132 Å². The van der Waals surface area contributed by atoms with Gasteiger partial charge in [0, 0.05) is 37.9 Å². The molecule has 1 N–H and O–H groups in total. The van der Waals surface area contributed by atoms with Crippen LogP contribution in [0.5, 0.6) is 5.88 Å². The molecule has 6 nitrogen and oxygen atoms in total. The summed E-state index contributed by atoms with van der Waals surface area (Å²) in [6.07, 6.45) is 3.32. The highest BCUT2D eigenvalue weighted by Crippen LogP contribution is 2.15. The standard InChI is InChI=1S/C15H25N3O3S/c1-3-9-22(19,20)17-14-7-8-18(12-14)11-13-5-6-15(16-10-13)21-4-2/h5-6,10,14,17H,3-4,7-9,11-12H2,1-2H3/t14-/m0/s1. The van der Waals surface area contributed by atoms with Crippen LogP contribution in [0.15, 0.2) is 18.3 Å². The summed E-state index contributed by atoms with van der Waals surface area (Å²) in [4.78, 5) is 6.50. The van der Waals surface area contributed by atoms with E-state index in [4.69, 9.17) is 4.74 Å². The lowest BCUT2D eigenvalue weighted by atomic mass is 10.2. The van der Waals surface area contributed by atoms with E-state index in [0.29, 0.717) is 18.9 Å². The summed E-state index contributed by atoms with van der Waals surface area (Å²) >= 11 is 0. The van der Waals surface area contributed by atoms with Gasteiger partial charge in [-0.25, -0.2) is 18.1 Å². The monoisotopic (exact) mass is 327 g/mol. The second-order valence-electron chi connectivity index (χ2n) is 5.60. The van der Waals surface area contributed by atoms with Gasteiger partial charge in [-0.1, -0.05) is 13.0 Å². The first-order chi connectivity index (χ1) is 10.5. The molecule has 1 aromatic heterocycles. The van der Waals surface area contributed by atoms with Crippen molar-refractivity contribution in [2.75, 3.05) is 25.4 Å². The summed E-state index contributed by atoms with van der Waals surface area (Å²) in [5.41, 5.74) is 1.11. The van der Waals surface area contributed by atoms with E-state index >= 15 is 0 Å². The molecule has 0 saturated carbocycles. The topological polar surface area (TPSA) is 71.5 Å². The van der Waals surface area contributed by atoms with Crippen LogP contribution in [-0.4, -0.2) is 49.8 Å². The number of sulfonamides is 1. The van der Waals surface area contributed by atoms with Crippen LogP contribution in [0.2, 0.25) is 0 Å². The zero-order valence-electron chi connectivity index (χ0n) is 13.3. The van der Waals surface area contributed by atoms with E-state index in [0.717, 1.165) is 31.6 Å². The van der Waals surface area contributed by atoms with Crippen molar-refractivity contribution in [2.45, 2.75) is 39.3 Å². The number of ether oxygens (including phenoxy) is 1. The first-order valence-electron chi connectivity index (χ1n) is 7.82. The van der Waals surface area contributed by atoms with Crippen molar-refractivity contribution in [3.05, 3.63) is 23.9 Å². The summed E-state index contributed by atoms with van der Waals surface area (Å²) in [7, 11) is -3.13. The molecular formula is C15H25N3O3S. The molecule has 22 heavy (non-hydrogen) atoms. The van der Waals surface area contributed by atoms with Crippen LogP contribution in [0, 0.1) is 0 Å². The third-order valence-corrected chi connectivity index (χ3v) is 5.23. The number of nitrogens with zero attached hydrogens (tertiary/aromatic N) is 2. The highest BCUT2D eigenvalue weighted by molar-refractivity contribution is 7.89. The molecule has 2 rings (SSSR count). The number of nitrogens with one attached hydrogen (secondary N) is 1. The zero-order valence-corrected chi connectivity index (χ0v) is 14.1. The average Bonchev–Trinajstić information content (AvgIpc) is 2.87. The van der Waals surface area contributed by atoms with Gasteiger partial charge in [0.2, 0.25) is 15.9 Å². The van der Waals surface area contributed by atoms with Crippen molar-refractivity contribution < 1.29 is 13.2 Å². The molecule has 2 heterocycles. The van der Waals surface area contributed by atoms with Crippen LogP contribution in [0.4, 0.5) is 0 Å². The fourth-order valence-corrected chi connectivity index (χ4v) is 4.01. The highest BCUT2D eigenvalue weighted by Gasteiger charge is 2.25. The summed E-state index contributed by atoms with van der Waals surface area (Å²) < 4.78 is 31.7. The molecule has 1 fully saturated rings. The second-order valence-corrected chi connectivity index (χ2v) is 7.47. The van der Waals surface area contributed by atoms with Crippen molar-refractivity contribution in [3.63, 3.8) is 0 Å². The lowest BCUT2D eigenvalue weighted by Crippen LogP contribution is -2.38. The molecule has 0 radical (unpaired) electrons. The predicted molar refractivity (Wildman–Crippen MR) is 86.3 cm³/mol. The number of aromatic nitrogens is 1. The number of likely N-dealkylation sites (tertiary alicyclic amines) is 1. The fraction of sp³-hybridized carbons (Fsp3) is 0.667. The molecule has 0 bridgehead atoms. The van der Waals surface area contributed by atoms with Crippen molar-refractivity contribution >= 4 is 10.0 Å². The Morgan fingerprint density at radius 1 is 1.41 bits per heavy atom. The fourth-order valence-electron chi connectivity index (χ4n) is 2.65. The van der Waals surface area contributed by atoms with Crippen molar-refractivity contribution in [2.24, 2.45) is 0 Å². The molecule has 0 spiro atoms. The molecule has 1 saturated heterocycles. The maximum Gasteiger partial charge on any atom is 0.213 e. The van der Waals surface area contributed by atoms with E-state index in [1.165, 1.54) is 0 Å². The van der Waals surface area contributed by atoms with Gasteiger partial charge in [-0.3, -0.25) is 4.90 Å². The van der Waals surface area contributed by atoms with Gasteiger partial charge >= 0.3 is 0 Å². The van der Waals surface area contributed by atoms with Crippen molar-refractivity contribution in [1.29, 1.82) is 0 Å². The van der Waals surface area contributed by atoms with Crippen LogP contribution in [0.3, 0.4) is 0 Å². The van der Waals surface area contributed by atoms with Crippen LogP contribution in [-0.2, 0) is 16.6 Å². The third-order valence-electron chi connectivity index (χ3n) is 3.59. The van der Waals surface area contributed by atoms with Crippen molar-refractivity contribution in [1.82, 2.24) is 14.6 Å². The number of pyridine rings is 1. The molecule has 7 heteroatoms. The van der Waals surface area contributed by atoms with E-state index in [1.54, 1.807) is 0 Å². The summed E-state index contributed by atoms with van der Waals surface area (Å²) in [5, 5.41) is 0. The Balaban J connectivity index is 1.83. The third kappa shape index (κ3) is 5.23. The number of hydrogen-bond acceptors (Lipinski definition) is 5. The normalized spacial score (nSPS) is 19.5. The molecule has 0 aromatic carbocycles. The van der Waals surface area contributed by atoms with E-state index in [2.05, 4.69) is 14.6 Å². The molecule has 124 valence electrons. The predicted octanol–water partition coefficient (Wildman–Crippen LogP) is 1.38. The van der Waals surface area contributed by atoms with Gasteiger partial charge in [0.25, 0.3) is 0 Å². The summed E-state index contributed by atoms with van der Waals surface area (Å²) in [5.74, 6) is 0.838. The minimum Gasteiger partial charge on any atom is -0.478 e. The molecule has 1 atom stereocenters. The van der Waals surface area contributed by atoms with E-state index in [-0.39, 0.29) is 11.8 Å². The minimum absolute atomic E-state index is 0.0206. The van der Waals surface area contributed by atoms with Gasteiger partial charge in [-0.15, -0.1) is 0 Å². The van der Waals surface area contributed by atoms with Gasteiger partial charge in [-0.05, 0) is 25.3 Å². The Bertz CT molecular complexity index is 560. The van der Waals surface area contributed by atoms with Crippen molar-refractivity contribution in [3.8, 4) is 5.88 Å². The zero-order chi connectivity index (χ0) is 16.0. The molecule has 1 aliphatic heterocycles. The average molecular weight is 327 g/mol. The van der Waals surface area contributed by atoms with Gasteiger partial charge in [0.1, 0.15) is 0 Å². The van der Waals surface area contributed by atoms with E-state index < -0.39 is 10.0 Å². The highest BCUT2D eigenvalue weighted by atomic mass is 32.2. The SMILES string of the molecule is CCCS(=O)(=O)N[C@H]1CCN(Cc2ccc(OCC)nc2)C1. The van der Waals surface area contributed by atoms with Crippen LogP contribution in [0.1, 0.15) is 32.3 Å². The van der Waals surface area contributed by atoms with Gasteiger partial charge < -0.3 is 4.74 Å². The van der Waals surface area contributed by atoms with Crippen LogP contribution < -0.4 is 9.46 Å². The lowest BCUT2D eigenvalue weighted by molar-refractivity contribution is 0.318.